The Morgan fingerprint density at radius 1 is 1.10 bits per heavy atom. The summed E-state index contributed by atoms with van der Waals surface area (Å²) in [6.07, 6.45) is 8.45. The number of urea groups is 1. The number of likely N-dealkylation sites (tertiary alicyclic amines) is 1. The van der Waals surface area contributed by atoms with E-state index >= 15 is 0 Å². The molecule has 0 aliphatic carbocycles. The maximum Gasteiger partial charge on any atom is 0.320 e. The molecule has 0 spiro atoms. The van der Waals surface area contributed by atoms with Gasteiger partial charge in [0.15, 0.2) is 0 Å². The van der Waals surface area contributed by atoms with E-state index in [4.69, 9.17) is 0 Å². The predicted molar refractivity (Wildman–Crippen MR) is 85.8 cm³/mol. The van der Waals surface area contributed by atoms with Crippen molar-refractivity contribution < 1.29 is 4.79 Å². The van der Waals surface area contributed by atoms with Gasteiger partial charge >= 0.3 is 6.03 Å². The molecule has 3 aliphatic rings. The highest BCUT2D eigenvalue weighted by Crippen LogP contribution is 2.44. The Kier molecular flexibility index (Phi) is 3.66. The zero-order valence-corrected chi connectivity index (χ0v) is 13.4. The molecule has 3 aliphatic heterocycles. The number of hydrogen-bond donors (Lipinski definition) is 0. The molecule has 4 heterocycles. The standard InChI is InChI=1S/C17H24N2OS/c20-17(18-8-2-1-3-9-18)19-14-6-7-15(19)12-13(11-14)16-5-4-10-21-16/h4-5,10,13-15H,1-3,6-9,11-12H2. The van der Waals surface area contributed by atoms with E-state index in [2.05, 4.69) is 27.3 Å². The number of nitrogens with zero attached hydrogens (tertiary/aromatic N) is 2. The number of amides is 2. The second-order valence-corrected chi connectivity index (χ2v) is 7.79. The average molecular weight is 304 g/mol. The van der Waals surface area contributed by atoms with Gasteiger partial charge in [-0.2, -0.15) is 0 Å². The SMILES string of the molecule is O=C(N1CCCCC1)N1C2CCC1CC(c1cccs1)C2. The first kappa shape index (κ1) is 13.6. The van der Waals surface area contributed by atoms with Crippen molar-refractivity contribution in [1.82, 2.24) is 9.80 Å². The van der Waals surface area contributed by atoms with Crippen molar-refractivity contribution in [3.05, 3.63) is 22.4 Å². The summed E-state index contributed by atoms with van der Waals surface area (Å²) in [5.74, 6) is 0.688. The highest BCUT2D eigenvalue weighted by atomic mass is 32.1. The van der Waals surface area contributed by atoms with Gasteiger partial charge in [0.25, 0.3) is 0 Å². The fraction of sp³-hybridized carbons (Fsp3) is 0.706. The summed E-state index contributed by atoms with van der Waals surface area (Å²) >= 11 is 1.89. The molecule has 3 saturated heterocycles. The maximum absolute atomic E-state index is 12.9. The number of thiophene rings is 1. The lowest BCUT2D eigenvalue weighted by Gasteiger charge is -2.42. The Labute approximate surface area is 130 Å². The number of hydrogen-bond acceptors (Lipinski definition) is 2. The van der Waals surface area contributed by atoms with Crippen LogP contribution in [0, 0.1) is 0 Å². The maximum atomic E-state index is 12.9. The average Bonchev–Trinajstić information content (AvgIpc) is 3.14. The minimum absolute atomic E-state index is 0.340. The first-order chi connectivity index (χ1) is 10.3. The fourth-order valence-corrected chi connectivity index (χ4v) is 5.35. The van der Waals surface area contributed by atoms with Crippen LogP contribution in [0.2, 0.25) is 0 Å². The molecule has 2 bridgehead atoms. The van der Waals surface area contributed by atoms with Crippen molar-refractivity contribution in [2.45, 2.75) is 62.9 Å². The van der Waals surface area contributed by atoms with Gasteiger partial charge in [-0.1, -0.05) is 6.07 Å². The Morgan fingerprint density at radius 2 is 1.81 bits per heavy atom. The van der Waals surface area contributed by atoms with E-state index in [0.717, 1.165) is 13.1 Å². The van der Waals surface area contributed by atoms with E-state index in [1.165, 1.54) is 49.8 Å². The Bertz CT molecular complexity index is 481. The molecule has 3 fully saturated rings. The first-order valence-corrected chi connectivity index (χ1v) is 9.31. The summed E-state index contributed by atoms with van der Waals surface area (Å²) in [4.78, 5) is 18.8. The first-order valence-electron chi connectivity index (χ1n) is 8.43. The zero-order valence-electron chi connectivity index (χ0n) is 12.5. The number of carbonyl (C=O) groups is 1. The number of rotatable bonds is 1. The smallest absolute Gasteiger partial charge is 0.320 e. The molecule has 2 atom stereocenters. The Balaban J connectivity index is 1.47. The third-order valence-corrected chi connectivity index (χ3v) is 6.56. The van der Waals surface area contributed by atoms with Crippen LogP contribution in [0.25, 0.3) is 0 Å². The summed E-state index contributed by atoms with van der Waals surface area (Å²) in [6, 6.07) is 5.76. The molecule has 0 aromatic carbocycles. The molecule has 0 N–H and O–H groups in total. The van der Waals surface area contributed by atoms with E-state index in [0.29, 0.717) is 24.0 Å². The summed E-state index contributed by atoms with van der Waals surface area (Å²) in [7, 11) is 0. The van der Waals surface area contributed by atoms with Crippen molar-refractivity contribution in [2.75, 3.05) is 13.1 Å². The van der Waals surface area contributed by atoms with Crippen molar-refractivity contribution in [2.24, 2.45) is 0 Å². The van der Waals surface area contributed by atoms with Crippen LogP contribution in [0.1, 0.15) is 55.7 Å². The summed E-state index contributed by atoms with van der Waals surface area (Å²) in [6.45, 7) is 1.95. The molecule has 21 heavy (non-hydrogen) atoms. The van der Waals surface area contributed by atoms with Gasteiger partial charge in [0.2, 0.25) is 0 Å². The number of fused-ring (bicyclic) bond motifs is 2. The van der Waals surface area contributed by atoms with Crippen LogP contribution < -0.4 is 0 Å². The van der Waals surface area contributed by atoms with Crippen LogP contribution >= 0.6 is 11.3 Å². The quantitative estimate of drug-likeness (QED) is 0.767. The summed E-state index contributed by atoms with van der Waals surface area (Å²) in [5, 5.41) is 2.18. The highest BCUT2D eigenvalue weighted by Gasteiger charge is 2.45. The van der Waals surface area contributed by atoms with Crippen molar-refractivity contribution in [3.63, 3.8) is 0 Å². The molecule has 0 saturated carbocycles. The van der Waals surface area contributed by atoms with E-state index < -0.39 is 0 Å². The van der Waals surface area contributed by atoms with Crippen LogP contribution in [0.15, 0.2) is 17.5 Å². The van der Waals surface area contributed by atoms with Gasteiger partial charge < -0.3 is 9.80 Å². The third-order valence-electron chi connectivity index (χ3n) is 5.53. The van der Waals surface area contributed by atoms with Crippen molar-refractivity contribution >= 4 is 17.4 Å². The van der Waals surface area contributed by atoms with Crippen LogP contribution in [0.3, 0.4) is 0 Å². The molecule has 4 rings (SSSR count). The number of piperidine rings is 2. The lowest BCUT2D eigenvalue weighted by molar-refractivity contribution is 0.0994. The van der Waals surface area contributed by atoms with Gasteiger partial charge in [0.1, 0.15) is 0 Å². The second-order valence-electron chi connectivity index (χ2n) is 6.81. The lowest BCUT2D eigenvalue weighted by atomic mass is 9.89. The predicted octanol–water partition coefficient (Wildman–Crippen LogP) is 4.06. The van der Waals surface area contributed by atoms with Crippen molar-refractivity contribution in [3.8, 4) is 0 Å². The van der Waals surface area contributed by atoms with Gasteiger partial charge in [0.05, 0.1) is 0 Å². The molecule has 1 aromatic heterocycles. The molecule has 2 unspecified atom stereocenters. The Morgan fingerprint density at radius 3 is 2.43 bits per heavy atom. The van der Waals surface area contributed by atoms with Crippen LogP contribution in [-0.4, -0.2) is 41.0 Å². The van der Waals surface area contributed by atoms with Gasteiger partial charge in [-0.25, -0.2) is 4.79 Å². The van der Waals surface area contributed by atoms with Crippen LogP contribution in [0.4, 0.5) is 4.79 Å². The van der Waals surface area contributed by atoms with Crippen LogP contribution in [-0.2, 0) is 0 Å². The fourth-order valence-electron chi connectivity index (χ4n) is 4.49. The van der Waals surface area contributed by atoms with E-state index in [1.807, 2.05) is 11.3 Å². The normalized spacial score (nSPS) is 32.5. The number of carbonyl (C=O) groups excluding carboxylic acids is 1. The van der Waals surface area contributed by atoms with Gasteiger partial charge in [0, 0.05) is 30.1 Å². The van der Waals surface area contributed by atoms with Gasteiger partial charge in [-0.05, 0) is 62.3 Å². The molecular weight excluding hydrogens is 280 g/mol. The molecule has 114 valence electrons. The molecular formula is C17H24N2OS. The third kappa shape index (κ3) is 2.48. The largest absolute Gasteiger partial charge is 0.325 e. The van der Waals surface area contributed by atoms with Gasteiger partial charge in [-0.3, -0.25) is 0 Å². The van der Waals surface area contributed by atoms with E-state index in [1.54, 1.807) is 0 Å². The van der Waals surface area contributed by atoms with Gasteiger partial charge in [-0.15, -0.1) is 11.3 Å². The molecule has 0 radical (unpaired) electrons. The minimum Gasteiger partial charge on any atom is -0.325 e. The lowest BCUT2D eigenvalue weighted by Crippen LogP contribution is -2.52. The molecule has 4 heteroatoms. The Hall–Kier alpha value is -1.03. The monoisotopic (exact) mass is 304 g/mol. The highest BCUT2D eigenvalue weighted by molar-refractivity contribution is 7.10. The zero-order chi connectivity index (χ0) is 14.2. The topological polar surface area (TPSA) is 23.6 Å². The molecule has 1 aromatic rings. The van der Waals surface area contributed by atoms with E-state index in [-0.39, 0.29) is 0 Å². The summed E-state index contributed by atoms with van der Waals surface area (Å²) < 4.78 is 0. The van der Waals surface area contributed by atoms with Crippen molar-refractivity contribution in [1.29, 1.82) is 0 Å². The van der Waals surface area contributed by atoms with E-state index in [9.17, 15) is 4.79 Å². The second kappa shape index (κ2) is 5.64. The summed E-state index contributed by atoms with van der Waals surface area (Å²) in [5.41, 5.74) is 0. The molecule has 2 amide bonds. The van der Waals surface area contributed by atoms with Crippen LogP contribution in [0.5, 0.6) is 0 Å². The molecule has 3 nitrogen and oxygen atoms in total. The minimum atomic E-state index is 0.340.